The minimum Gasteiger partial charge on any atom is -0.370 e. The van der Waals surface area contributed by atoms with Crippen LogP contribution in [0.4, 0.5) is 5.69 Å². The normalized spacial score (nSPS) is 13.2. The maximum absolute atomic E-state index is 5.90. The lowest BCUT2D eigenvalue weighted by Crippen LogP contribution is -2.22. The number of aromatic nitrogens is 1. The molecule has 4 nitrogen and oxygen atoms in total. The zero-order chi connectivity index (χ0) is 15.2. The van der Waals surface area contributed by atoms with Crippen molar-refractivity contribution in [1.82, 2.24) is 4.98 Å². The molecular formula is C16H22N4S. The summed E-state index contributed by atoms with van der Waals surface area (Å²) in [5, 5.41) is 6.10. The highest BCUT2D eigenvalue weighted by atomic mass is 32.1. The Bertz CT molecular complexity index is 601. The molecule has 2 aromatic rings. The van der Waals surface area contributed by atoms with E-state index >= 15 is 0 Å². The Morgan fingerprint density at radius 3 is 2.67 bits per heavy atom. The molecule has 0 aliphatic heterocycles. The van der Waals surface area contributed by atoms with Gasteiger partial charge < -0.3 is 11.1 Å². The molecule has 0 saturated carbocycles. The summed E-state index contributed by atoms with van der Waals surface area (Å²) in [5.74, 6) is 0.998. The molecule has 0 spiro atoms. The van der Waals surface area contributed by atoms with E-state index in [1.165, 1.54) is 5.56 Å². The Balaban J connectivity index is 1.94. The molecule has 1 aromatic heterocycles. The minimum atomic E-state index is 0.416. The fraction of sp³-hybridized carbons (Fsp3) is 0.375. The van der Waals surface area contributed by atoms with Crippen LogP contribution in [0.15, 0.2) is 34.6 Å². The van der Waals surface area contributed by atoms with Crippen molar-refractivity contribution in [1.29, 1.82) is 0 Å². The highest BCUT2D eigenvalue weighted by Gasteiger charge is 2.03. The predicted octanol–water partition coefficient (Wildman–Crippen LogP) is 3.89. The van der Waals surface area contributed by atoms with Crippen molar-refractivity contribution < 1.29 is 0 Å². The van der Waals surface area contributed by atoms with Crippen molar-refractivity contribution in [3.63, 3.8) is 0 Å². The van der Waals surface area contributed by atoms with Crippen LogP contribution in [-0.4, -0.2) is 10.9 Å². The minimum absolute atomic E-state index is 0.416. The number of hydrogen-bond donors (Lipinski definition) is 2. The second-order valence-electron chi connectivity index (χ2n) is 5.14. The molecule has 0 fully saturated rings. The molecule has 3 N–H and O–H groups in total. The summed E-state index contributed by atoms with van der Waals surface area (Å²) in [7, 11) is 0. The lowest BCUT2D eigenvalue weighted by atomic mass is 9.99. The molecule has 2 rings (SSSR count). The van der Waals surface area contributed by atoms with Gasteiger partial charge in [0.05, 0.1) is 6.54 Å². The fourth-order valence-corrected chi connectivity index (χ4v) is 2.64. The Hall–Kier alpha value is -1.88. The van der Waals surface area contributed by atoms with E-state index in [-0.39, 0.29) is 0 Å². The first kappa shape index (κ1) is 15.5. The summed E-state index contributed by atoms with van der Waals surface area (Å²) >= 11 is 1.60. The number of nitrogens with zero attached hydrogens (tertiary/aromatic N) is 2. The van der Waals surface area contributed by atoms with E-state index in [1.807, 2.05) is 24.4 Å². The summed E-state index contributed by atoms with van der Waals surface area (Å²) in [6.07, 6.45) is 1.14. The fourth-order valence-electron chi connectivity index (χ4n) is 1.95. The molecule has 21 heavy (non-hydrogen) atoms. The van der Waals surface area contributed by atoms with Crippen LogP contribution in [0.1, 0.15) is 42.5 Å². The van der Waals surface area contributed by atoms with Gasteiger partial charge in [-0.05, 0) is 37.0 Å². The van der Waals surface area contributed by atoms with E-state index in [0.717, 1.165) is 22.8 Å². The van der Waals surface area contributed by atoms with Crippen molar-refractivity contribution in [2.24, 2.45) is 10.7 Å². The average molecular weight is 302 g/mol. The van der Waals surface area contributed by atoms with Gasteiger partial charge >= 0.3 is 0 Å². The van der Waals surface area contributed by atoms with Crippen molar-refractivity contribution in [3.05, 3.63) is 45.9 Å². The van der Waals surface area contributed by atoms with Gasteiger partial charge in [-0.15, -0.1) is 11.3 Å². The summed E-state index contributed by atoms with van der Waals surface area (Å²) in [5.41, 5.74) is 9.23. The van der Waals surface area contributed by atoms with E-state index in [9.17, 15) is 0 Å². The molecule has 0 bridgehead atoms. The predicted molar refractivity (Wildman–Crippen MR) is 90.9 cm³/mol. The summed E-state index contributed by atoms with van der Waals surface area (Å²) in [4.78, 5) is 8.67. The van der Waals surface area contributed by atoms with Crippen molar-refractivity contribution in [3.8, 4) is 0 Å². The third kappa shape index (κ3) is 4.56. The van der Waals surface area contributed by atoms with Crippen molar-refractivity contribution in [2.75, 3.05) is 5.32 Å². The van der Waals surface area contributed by atoms with Gasteiger partial charge in [-0.25, -0.2) is 9.98 Å². The van der Waals surface area contributed by atoms with Gasteiger partial charge in [0.15, 0.2) is 5.96 Å². The van der Waals surface area contributed by atoms with Crippen LogP contribution >= 0.6 is 11.3 Å². The van der Waals surface area contributed by atoms with Gasteiger partial charge in [0.1, 0.15) is 5.01 Å². The number of rotatable bonds is 5. The van der Waals surface area contributed by atoms with Crippen LogP contribution in [0.2, 0.25) is 0 Å². The maximum Gasteiger partial charge on any atom is 0.193 e. The molecule has 1 atom stereocenters. The highest BCUT2D eigenvalue weighted by Crippen LogP contribution is 2.20. The van der Waals surface area contributed by atoms with Crippen LogP contribution in [0.3, 0.4) is 0 Å². The molecule has 5 heteroatoms. The second-order valence-corrected chi connectivity index (χ2v) is 6.08. The van der Waals surface area contributed by atoms with Crippen molar-refractivity contribution in [2.45, 2.75) is 39.7 Å². The molecule has 0 saturated heterocycles. The SMILES string of the molecule is CCC(C)c1ccc(NC(N)=NCc2nc(C)cs2)cc1. The molecular weight excluding hydrogens is 280 g/mol. The van der Waals surface area contributed by atoms with Gasteiger partial charge in [-0.1, -0.05) is 26.0 Å². The van der Waals surface area contributed by atoms with Crippen LogP contribution < -0.4 is 11.1 Å². The zero-order valence-corrected chi connectivity index (χ0v) is 13.6. The molecule has 0 radical (unpaired) electrons. The number of anilines is 1. The number of guanidine groups is 1. The van der Waals surface area contributed by atoms with Gasteiger partial charge in [0, 0.05) is 16.8 Å². The number of aryl methyl sites for hydroxylation is 1. The van der Waals surface area contributed by atoms with Crippen LogP contribution in [0, 0.1) is 6.92 Å². The molecule has 0 aliphatic rings. The lowest BCUT2D eigenvalue weighted by molar-refractivity contribution is 0.734. The largest absolute Gasteiger partial charge is 0.370 e. The summed E-state index contributed by atoms with van der Waals surface area (Å²) in [6.45, 7) is 6.92. The monoisotopic (exact) mass is 302 g/mol. The third-order valence-corrected chi connectivity index (χ3v) is 4.37. The van der Waals surface area contributed by atoms with Gasteiger partial charge in [-0.2, -0.15) is 0 Å². The Morgan fingerprint density at radius 2 is 2.10 bits per heavy atom. The Kier molecular flexibility index (Phi) is 5.33. The van der Waals surface area contributed by atoms with Crippen LogP contribution in [-0.2, 0) is 6.54 Å². The molecule has 0 amide bonds. The van der Waals surface area contributed by atoms with E-state index in [0.29, 0.717) is 18.4 Å². The maximum atomic E-state index is 5.90. The number of nitrogens with two attached hydrogens (primary N) is 1. The Labute approximate surface area is 130 Å². The topological polar surface area (TPSA) is 63.3 Å². The number of benzene rings is 1. The van der Waals surface area contributed by atoms with Gasteiger partial charge in [-0.3, -0.25) is 0 Å². The first-order valence-corrected chi connectivity index (χ1v) is 8.04. The van der Waals surface area contributed by atoms with Gasteiger partial charge in [0.2, 0.25) is 0 Å². The van der Waals surface area contributed by atoms with E-state index in [1.54, 1.807) is 11.3 Å². The quantitative estimate of drug-likeness (QED) is 0.650. The lowest BCUT2D eigenvalue weighted by Gasteiger charge is -2.10. The average Bonchev–Trinajstić information content (AvgIpc) is 2.91. The van der Waals surface area contributed by atoms with Gasteiger partial charge in [0.25, 0.3) is 0 Å². The number of nitrogens with one attached hydrogen (secondary N) is 1. The standard InChI is InChI=1S/C16H22N4S/c1-4-11(2)13-5-7-14(8-6-13)20-16(17)18-9-15-19-12(3)10-21-15/h5-8,10-11H,4,9H2,1-3H3,(H3,17,18,20). The molecule has 1 heterocycles. The van der Waals surface area contributed by atoms with E-state index in [2.05, 4.69) is 41.3 Å². The smallest absolute Gasteiger partial charge is 0.193 e. The summed E-state index contributed by atoms with van der Waals surface area (Å²) in [6, 6.07) is 8.34. The third-order valence-electron chi connectivity index (χ3n) is 3.42. The van der Waals surface area contributed by atoms with E-state index in [4.69, 9.17) is 5.73 Å². The summed E-state index contributed by atoms with van der Waals surface area (Å²) < 4.78 is 0. The van der Waals surface area contributed by atoms with Crippen LogP contribution in [0.25, 0.3) is 0 Å². The highest BCUT2D eigenvalue weighted by molar-refractivity contribution is 7.09. The van der Waals surface area contributed by atoms with Crippen molar-refractivity contribution >= 4 is 23.0 Å². The zero-order valence-electron chi connectivity index (χ0n) is 12.8. The van der Waals surface area contributed by atoms with Crippen LogP contribution in [0.5, 0.6) is 0 Å². The molecule has 1 aromatic carbocycles. The second kappa shape index (κ2) is 7.22. The number of hydrogen-bond acceptors (Lipinski definition) is 3. The Morgan fingerprint density at radius 1 is 1.38 bits per heavy atom. The molecule has 1 unspecified atom stereocenters. The van der Waals surface area contributed by atoms with E-state index < -0.39 is 0 Å². The molecule has 112 valence electrons. The number of aliphatic imine (C=N–C) groups is 1. The molecule has 0 aliphatic carbocycles. The number of thiazole rings is 1. The first-order valence-electron chi connectivity index (χ1n) is 7.16. The first-order chi connectivity index (χ1) is 10.1.